The molecule has 0 aliphatic carbocycles. The van der Waals surface area contributed by atoms with Gasteiger partial charge in [0.25, 0.3) is 0 Å². The predicted molar refractivity (Wildman–Crippen MR) is 237 cm³/mol. The van der Waals surface area contributed by atoms with E-state index in [4.69, 9.17) is 9.47 Å². The molecule has 0 rings (SSSR count). The van der Waals surface area contributed by atoms with Crippen molar-refractivity contribution in [1.82, 2.24) is 0 Å². The van der Waals surface area contributed by atoms with Crippen LogP contribution in [0.3, 0.4) is 0 Å². The number of carbonyl (C=O) groups is 1. The Morgan fingerprint density at radius 1 is 0.463 bits per heavy atom. The number of carbonyl (C=O) groups excluding carboxylic acids is 1. The Balaban J connectivity index is 3.55. The van der Waals surface area contributed by atoms with Gasteiger partial charge in [0.2, 0.25) is 0 Å². The van der Waals surface area contributed by atoms with E-state index in [1.807, 2.05) is 0 Å². The Hall–Kier alpha value is -2.69. The molecule has 1 unspecified atom stereocenters. The first-order valence-electron chi connectivity index (χ1n) is 22.3. The maximum atomic E-state index is 12.2. The lowest BCUT2D eigenvalue weighted by Gasteiger charge is -2.15. The van der Waals surface area contributed by atoms with Gasteiger partial charge in [-0.1, -0.05) is 182 Å². The molecule has 54 heavy (non-hydrogen) atoms. The Morgan fingerprint density at radius 2 is 0.833 bits per heavy atom. The fourth-order valence-electron chi connectivity index (χ4n) is 5.83. The van der Waals surface area contributed by atoms with Gasteiger partial charge in [-0.3, -0.25) is 4.79 Å². The van der Waals surface area contributed by atoms with E-state index in [-0.39, 0.29) is 19.2 Å². The molecule has 1 atom stereocenters. The highest BCUT2D eigenvalue weighted by atomic mass is 16.6. The zero-order valence-electron chi connectivity index (χ0n) is 35.2. The maximum absolute atomic E-state index is 12.2. The standard InChI is InChI=1S/C50H84O4/c1-3-5-7-9-11-13-15-17-19-21-22-23-24-25-26-27-28-29-31-33-35-37-39-41-43-45-50(52)54-49(47-51)48-53-46-44-42-40-38-36-34-32-30-20-18-16-14-12-10-8-6-4-2/h5,7,11,13-14,16-17,19-20,22-23,25-26,28-30,49,51H,3-4,6,8-10,12,15,18,21,24,27,31-48H2,1-2H3/b7-5-,13-11-,16-14-,19-17-,23-22-,26-25-,29-28-,30-20-. The number of aliphatic hydroxyl groups is 1. The lowest BCUT2D eigenvalue weighted by atomic mass is 10.1. The molecule has 4 heteroatoms. The van der Waals surface area contributed by atoms with Crippen molar-refractivity contribution in [2.75, 3.05) is 19.8 Å². The molecule has 0 saturated carbocycles. The number of aliphatic hydroxyl groups excluding tert-OH is 1. The van der Waals surface area contributed by atoms with Gasteiger partial charge in [0.15, 0.2) is 0 Å². The van der Waals surface area contributed by atoms with Crippen LogP contribution >= 0.6 is 0 Å². The summed E-state index contributed by atoms with van der Waals surface area (Å²) in [4.78, 5) is 12.2. The first-order valence-corrected chi connectivity index (χ1v) is 22.3. The minimum Gasteiger partial charge on any atom is -0.457 e. The number of hydrogen-bond donors (Lipinski definition) is 1. The largest absolute Gasteiger partial charge is 0.457 e. The number of esters is 1. The summed E-state index contributed by atoms with van der Waals surface area (Å²) in [5.41, 5.74) is 0. The summed E-state index contributed by atoms with van der Waals surface area (Å²) < 4.78 is 11.2. The maximum Gasteiger partial charge on any atom is 0.306 e. The quantitative estimate of drug-likeness (QED) is 0.0385. The fraction of sp³-hybridized carbons (Fsp3) is 0.660. The van der Waals surface area contributed by atoms with Crippen molar-refractivity contribution in [2.24, 2.45) is 0 Å². The van der Waals surface area contributed by atoms with Crippen molar-refractivity contribution in [3.05, 3.63) is 97.2 Å². The highest BCUT2D eigenvalue weighted by Gasteiger charge is 2.13. The summed E-state index contributed by atoms with van der Waals surface area (Å²) in [5.74, 6) is -0.223. The van der Waals surface area contributed by atoms with Gasteiger partial charge in [-0.2, -0.15) is 0 Å². The van der Waals surface area contributed by atoms with E-state index < -0.39 is 6.10 Å². The van der Waals surface area contributed by atoms with Crippen molar-refractivity contribution < 1.29 is 19.4 Å². The summed E-state index contributed by atoms with van der Waals surface area (Å²) >= 11 is 0. The van der Waals surface area contributed by atoms with Gasteiger partial charge in [0.05, 0.1) is 13.2 Å². The minimum absolute atomic E-state index is 0.188. The average Bonchev–Trinajstić information content (AvgIpc) is 3.18. The van der Waals surface area contributed by atoms with E-state index in [0.717, 1.165) is 83.5 Å². The Morgan fingerprint density at radius 3 is 1.26 bits per heavy atom. The van der Waals surface area contributed by atoms with Gasteiger partial charge in [0.1, 0.15) is 6.10 Å². The predicted octanol–water partition coefficient (Wildman–Crippen LogP) is 14.9. The number of ether oxygens (including phenoxy) is 2. The molecular weight excluding hydrogens is 665 g/mol. The first kappa shape index (κ1) is 51.3. The molecule has 0 fully saturated rings. The van der Waals surface area contributed by atoms with Gasteiger partial charge in [-0.25, -0.2) is 0 Å². The van der Waals surface area contributed by atoms with E-state index in [9.17, 15) is 9.90 Å². The van der Waals surface area contributed by atoms with E-state index >= 15 is 0 Å². The van der Waals surface area contributed by atoms with Gasteiger partial charge >= 0.3 is 5.97 Å². The molecule has 0 amide bonds. The molecule has 4 nitrogen and oxygen atoms in total. The van der Waals surface area contributed by atoms with Crippen LogP contribution in [0.15, 0.2) is 97.2 Å². The van der Waals surface area contributed by atoms with Crippen LogP contribution in [0.25, 0.3) is 0 Å². The van der Waals surface area contributed by atoms with Gasteiger partial charge < -0.3 is 14.6 Å². The molecule has 0 aliphatic rings. The number of rotatable bonds is 40. The fourth-order valence-corrected chi connectivity index (χ4v) is 5.83. The zero-order valence-corrected chi connectivity index (χ0v) is 35.2. The summed E-state index contributed by atoms with van der Waals surface area (Å²) in [6, 6.07) is 0. The van der Waals surface area contributed by atoms with E-state index in [2.05, 4.69) is 111 Å². The Bertz CT molecular complexity index is 1010. The Kier molecular flexibility index (Phi) is 44.1. The molecule has 308 valence electrons. The molecule has 0 aliphatic heterocycles. The first-order chi connectivity index (χ1) is 26.7. The van der Waals surface area contributed by atoms with Crippen molar-refractivity contribution in [2.45, 2.75) is 193 Å². The monoisotopic (exact) mass is 749 g/mol. The lowest BCUT2D eigenvalue weighted by Crippen LogP contribution is -2.27. The minimum atomic E-state index is -0.555. The number of hydrogen-bond acceptors (Lipinski definition) is 4. The van der Waals surface area contributed by atoms with Crippen molar-refractivity contribution >= 4 is 5.97 Å². The highest BCUT2D eigenvalue weighted by molar-refractivity contribution is 5.69. The topological polar surface area (TPSA) is 55.8 Å². The van der Waals surface area contributed by atoms with Crippen molar-refractivity contribution in [1.29, 1.82) is 0 Å². The van der Waals surface area contributed by atoms with Gasteiger partial charge in [-0.05, 0) is 96.3 Å². The zero-order chi connectivity index (χ0) is 39.1. The van der Waals surface area contributed by atoms with E-state index in [1.165, 1.54) is 83.5 Å². The number of unbranched alkanes of at least 4 members (excludes halogenated alkanes) is 16. The van der Waals surface area contributed by atoms with Crippen LogP contribution < -0.4 is 0 Å². The van der Waals surface area contributed by atoms with Crippen molar-refractivity contribution in [3.63, 3.8) is 0 Å². The molecule has 0 radical (unpaired) electrons. The van der Waals surface area contributed by atoms with E-state index in [1.54, 1.807) is 0 Å². The molecule has 0 heterocycles. The smallest absolute Gasteiger partial charge is 0.306 e. The van der Waals surface area contributed by atoms with Crippen LogP contribution in [0.5, 0.6) is 0 Å². The van der Waals surface area contributed by atoms with Crippen LogP contribution in [-0.4, -0.2) is 37.0 Å². The summed E-state index contributed by atoms with van der Waals surface area (Å²) in [5, 5.41) is 9.61. The number of allylic oxidation sites excluding steroid dienone is 16. The van der Waals surface area contributed by atoms with Gasteiger partial charge in [-0.15, -0.1) is 0 Å². The third kappa shape index (κ3) is 43.7. The Labute approximate surface area is 334 Å². The van der Waals surface area contributed by atoms with Crippen LogP contribution in [0.2, 0.25) is 0 Å². The van der Waals surface area contributed by atoms with E-state index in [0.29, 0.717) is 13.0 Å². The second kappa shape index (κ2) is 46.5. The lowest BCUT2D eigenvalue weighted by molar-refractivity contribution is -0.154. The second-order valence-corrected chi connectivity index (χ2v) is 14.4. The van der Waals surface area contributed by atoms with Crippen LogP contribution in [0, 0.1) is 0 Å². The van der Waals surface area contributed by atoms with Gasteiger partial charge in [0, 0.05) is 13.0 Å². The molecule has 0 bridgehead atoms. The molecule has 0 aromatic carbocycles. The second-order valence-electron chi connectivity index (χ2n) is 14.4. The molecule has 0 aromatic rings. The molecule has 0 saturated heterocycles. The van der Waals surface area contributed by atoms with Crippen molar-refractivity contribution in [3.8, 4) is 0 Å². The summed E-state index contributed by atoms with van der Waals surface area (Å²) in [6.07, 6.45) is 66.1. The molecule has 0 spiro atoms. The third-order valence-electron chi connectivity index (χ3n) is 9.14. The normalized spacial score (nSPS) is 13.3. The molecule has 1 N–H and O–H groups in total. The summed E-state index contributed by atoms with van der Waals surface area (Å²) in [6.45, 7) is 5.17. The van der Waals surface area contributed by atoms with Crippen LogP contribution in [0.4, 0.5) is 0 Å². The van der Waals surface area contributed by atoms with Crippen LogP contribution in [-0.2, 0) is 14.3 Å². The van der Waals surface area contributed by atoms with Crippen LogP contribution in [0.1, 0.15) is 187 Å². The molecule has 0 aromatic heterocycles. The average molecular weight is 749 g/mol. The SMILES string of the molecule is CC/C=C\C/C=C\C/C=C\C/C=C\C/C=C\C/C=C\CCCCCCCCC(=O)OC(CO)COCCCCCCCC/C=C\C/C=C\CCCCCC. The highest BCUT2D eigenvalue weighted by Crippen LogP contribution is 2.12. The molecular formula is C50H84O4. The third-order valence-corrected chi connectivity index (χ3v) is 9.14. The summed E-state index contributed by atoms with van der Waals surface area (Å²) in [7, 11) is 0.